The lowest BCUT2D eigenvalue weighted by molar-refractivity contribution is -0.0389. The molecule has 1 aliphatic heterocycles. The number of nitrogens with zero attached hydrogens (tertiary/aromatic N) is 1. The van der Waals surface area contributed by atoms with Gasteiger partial charge in [0.2, 0.25) is 0 Å². The summed E-state index contributed by atoms with van der Waals surface area (Å²) in [5.41, 5.74) is -1.54. The molecule has 19 heteroatoms. The van der Waals surface area contributed by atoms with Crippen LogP contribution in [0.25, 0.3) is 0 Å². The summed E-state index contributed by atoms with van der Waals surface area (Å²) in [5, 5.41) is 0. The molecule has 0 aromatic carbocycles. The monoisotopic (exact) mass is 484 g/mol. The van der Waals surface area contributed by atoms with Gasteiger partial charge in [-0.15, -0.1) is 0 Å². The number of hydrogen-bond acceptors (Lipinski definition) is 9. The van der Waals surface area contributed by atoms with Crippen LogP contribution < -0.4 is 11.2 Å². The molecule has 0 bridgehead atoms. The van der Waals surface area contributed by atoms with Crippen LogP contribution in [0.2, 0.25) is 0 Å². The molecule has 2 rings (SSSR count). The predicted molar refractivity (Wildman–Crippen MR) is 89.3 cm³/mol. The number of aromatic amines is 1. The number of rotatable bonds is 8. The Hall–Kier alpha value is -1.02. The Bertz CT molecular complexity index is 1020. The number of halogens is 1. The molecule has 5 atom stereocenters. The van der Waals surface area contributed by atoms with Crippen molar-refractivity contribution in [2.75, 3.05) is 6.61 Å². The van der Waals surface area contributed by atoms with Crippen LogP contribution in [-0.4, -0.2) is 48.0 Å². The van der Waals surface area contributed by atoms with Gasteiger partial charge >= 0.3 is 29.2 Å². The molecule has 0 saturated carbocycles. The third kappa shape index (κ3) is 7.02. The zero-order valence-electron chi connectivity index (χ0n) is 14.4. The van der Waals surface area contributed by atoms with E-state index >= 15 is 0 Å². The van der Waals surface area contributed by atoms with Gasteiger partial charge in [0, 0.05) is 18.2 Å². The number of phosphoric acid groups is 3. The van der Waals surface area contributed by atoms with Crippen molar-refractivity contribution in [2.45, 2.75) is 31.8 Å². The van der Waals surface area contributed by atoms with Gasteiger partial charge in [-0.25, -0.2) is 22.9 Å². The number of H-pyrrole nitrogens is 1. The molecule has 2 heterocycles. The quantitative estimate of drug-likeness (QED) is 0.302. The molecule has 0 amide bonds. The fourth-order valence-electron chi connectivity index (χ4n) is 2.31. The van der Waals surface area contributed by atoms with E-state index in [-0.39, 0.29) is 5.56 Å². The van der Waals surface area contributed by atoms with E-state index in [2.05, 4.69) is 13.1 Å². The first-order chi connectivity index (χ1) is 13.1. The number of hydrogen-bond donors (Lipinski definition) is 5. The van der Waals surface area contributed by atoms with Crippen molar-refractivity contribution >= 4 is 23.5 Å². The Kier molecular flexibility index (Phi) is 7.20. The molecular weight excluding hydrogens is 468 g/mol. The molecular formula is C10H16FN2O13P3. The normalized spacial score (nSPS) is 26.8. The highest BCUT2D eigenvalue weighted by Gasteiger charge is 2.43. The molecule has 1 saturated heterocycles. The SMILES string of the molecule is Cc1cn(C2OC(COP(=O)(O)OP(=O)(O)OP(=O)(O)O)CC2F)c(=O)[nH]c1=O. The maximum absolute atomic E-state index is 14.2. The lowest BCUT2D eigenvalue weighted by Gasteiger charge is -2.19. The summed E-state index contributed by atoms with van der Waals surface area (Å²) < 4.78 is 65.0. The fourth-order valence-corrected chi connectivity index (χ4v) is 5.36. The Morgan fingerprint density at radius 3 is 2.41 bits per heavy atom. The van der Waals surface area contributed by atoms with E-state index in [9.17, 15) is 32.6 Å². The minimum absolute atomic E-state index is 0.0945. The van der Waals surface area contributed by atoms with Gasteiger partial charge in [0.15, 0.2) is 6.23 Å². The van der Waals surface area contributed by atoms with Gasteiger partial charge in [-0.3, -0.25) is 18.9 Å². The lowest BCUT2D eigenvalue weighted by Crippen LogP contribution is -2.35. The summed E-state index contributed by atoms with van der Waals surface area (Å²) in [5.74, 6) is 0. The van der Waals surface area contributed by atoms with Gasteiger partial charge in [0.25, 0.3) is 5.56 Å². The summed E-state index contributed by atoms with van der Waals surface area (Å²) in [6, 6.07) is 0. The molecule has 1 aromatic heterocycles. The van der Waals surface area contributed by atoms with E-state index in [0.717, 1.165) is 10.8 Å². The summed E-state index contributed by atoms with van der Waals surface area (Å²) in [6.45, 7) is 0.501. The van der Waals surface area contributed by atoms with Crippen LogP contribution in [0.5, 0.6) is 0 Å². The van der Waals surface area contributed by atoms with Gasteiger partial charge < -0.3 is 24.3 Å². The second kappa shape index (κ2) is 8.61. The van der Waals surface area contributed by atoms with Gasteiger partial charge in [-0.05, 0) is 6.92 Å². The van der Waals surface area contributed by atoms with E-state index in [4.69, 9.17) is 19.4 Å². The summed E-state index contributed by atoms with van der Waals surface area (Å²) in [7, 11) is -16.6. The average Bonchev–Trinajstić information content (AvgIpc) is 2.86. The van der Waals surface area contributed by atoms with Crippen LogP contribution in [0.4, 0.5) is 4.39 Å². The second-order valence-electron chi connectivity index (χ2n) is 5.77. The van der Waals surface area contributed by atoms with Gasteiger partial charge in [-0.2, -0.15) is 8.62 Å². The van der Waals surface area contributed by atoms with Crippen molar-refractivity contribution in [3.05, 3.63) is 32.6 Å². The molecule has 0 spiro atoms. The number of phosphoric ester groups is 1. The Balaban J connectivity index is 2.02. The minimum atomic E-state index is -5.68. The van der Waals surface area contributed by atoms with Crippen molar-refractivity contribution in [2.24, 2.45) is 0 Å². The summed E-state index contributed by atoms with van der Waals surface area (Å²) in [4.78, 5) is 60.4. The fraction of sp³-hybridized carbons (Fsp3) is 0.600. The van der Waals surface area contributed by atoms with E-state index in [1.807, 2.05) is 4.98 Å². The largest absolute Gasteiger partial charge is 0.490 e. The number of alkyl halides is 1. The maximum Gasteiger partial charge on any atom is 0.490 e. The van der Waals surface area contributed by atoms with Crippen molar-refractivity contribution in [1.82, 2.24) is 9.55 Å². The molecule has 15 nitrogen and oxygen atoms in total. The van der Waals surface area contributed by atoms with Crippen LogP contribution in [0, 0.1) is 6.92 Å². The Labute approximate surface area is 160 Å². The van der Waals surface area contributed by atoms with E-state index in [0.29, 0.717) is 0 Å². The van der Waals surface area contributed by atoms with Crippen LogP contribution >= 0.6 is 23.5 Å². The third-order valence-corrected chi connectivity index (χ3v) is 7.19. The van der Waals surface area contributed by atoms with Crippen LogP contribution in [0.1, 0.15) is 18.2 Å². The Morgan fingerprint density at radius 2 is 1.83 bits per heavy atom. The molecule has 1 aromatic rings. The smallest absolute Gasteiger partial charge is 0.349 e. The zero-order chi connectivity index (χ0) is 22.2. The van der Waals surface area contributed by atoms with Gasteiger partial charge in [0.05, 0.1) is 12.7 Å². The molecule has 0 aliphatic carbocycles. The molecule has 5 N–H and O–H groups in total. The summed E-state index contributed by atoms with van der Waals surface area (Å²) in [6.07, 6.45) is -3.87. The van der Waals surface area contributed by atoms with Gasteiger partial charge in [-0.1, -0.05) is 0 Å². The highest BCUT2D eigenvalue weighted by molar-refractivity contribution is 7.66. The number of nitrogens with one attached hydrogen (secondary N) is 1. The standard InChI is InChI=1S/C10H16FN2O13P3/c1-5-3-13(10(15)12-8(5)14)9-7(11)2-6(24-9)4-23-28(19,20)26-29(21,22)25-27(16,17)18/h3,6-7,9H,2,4H2,1H3,(H,19,20)(H,21,22)(H,12,14,15)(H2,16,17,18). The maximum atomic E-state index is 14.2. The minimum Gasteiger partial charge on any atom is -0.349 e. The van der Waals surface area contributed by atoms with Gasteiger partial charge in [0.1, 0.15) is 6.17 Å². The molecule has 1 aliphatic rings. The highest BCUT2D eigenvalue weighted by atomic mass is 31.3. The van der Waals surface area contributed by atoms with Crippen LogP contribution in [-0.2, 0) is 31.6 Å². The number of ether oxygens (including phenoxy) is 1. The van der Waals surface area contributed by atoms with E-state index in [1.165, 1.54) is 6.92 Å². The number of aromatic nitrogens is 2. The first-order valence-corrected chi connectivity index (χ1v) is 12.0. The zero-order valence-corrected chi connectivity index (χ0v) is 17.0. The first kappa shape index (κ1) is 24.3. The molecule has 29 heavy (non-hydrogen) atoms. The van der Waals surface area contributed by atoms with Crippen molar-refractivity contribution < 1.29 is 55.5 Å². The van der Waals surface area contributed by atoms with Crippen LogP contribution in [0.3, 0.4) is 0 Å². The van der Waals surface area contributed by atoms with Crippen molar-refractivity contribution in [1.29, 1.82) is 0 Å². The molecule has 5 unspecified atom stereocenters. The highest BCUT2D eigenvalue weighted by Crippen LogP contribution is 2.66. The van der Waals surface area contributed by atoms with Crippen LogP contribution in [0.15, 0.2) is 15.8 Å². The number of aryl methyl sites for hydroxylation is 1. The Morgan fingerprint density at radius 1 is 1.21 bits per heavy atom. The second-order valence-corrected chi connectivity index (χ2v) is 10.2. The topological polar surface area (TPSA) is 224 Å². The predicted octanol–water partition coefficient (Wildman–Crippen LogP) is -0.186. The van der Waals surface area contributed by atoms with Crippen molar-refractivity contribution in [3.63, 3.8) is 0 Å². The third-order valence-electron chi connectivity index (χ3n) is 3.39. The first-order valence-electron chi connectivity index (χ1n) is 7.48. The summed E-state index contributed by atoms with van der Waals surface area (Å²) >= 11 is 0. The lowest BCUT2D eigenvalue weighted by atomic mass is 10.2. The van der Waals surface area contributed by atoms with E-state index < -0.39 is 66.2 Å². The molecule has 1 fully saturated rings. The molecule has 0 radical (unpaired) electrons. The molecule has 166 valence electrons. The van der Waals surface area contributed by atoms with Crippen molar-refractivity contribution in [3.8, 4) is 0 Å². The van der Waals surface area contributed by atoms with E-state index in [1.54, 1.807) is 0 Å². The average molecular weight is 484 g/mol.